The third kappa shape index (κ3) is 4.22. The van der Waals surface area contributed by atoms with Crippen molar-refractivity contribution in [2.45, 2.75) is 12.8 Å². The van der Waals surface area contributed by atoms with E-state index in [2.05, 4.69) is 5.32 Å². The molecule has 1 saturated heterocycles. The van der Waals surface area contributed by atoms with Crippen LogP contribution < -0.4 is 10.2 Å². The van der Waals surface area contributed by atoms with Gasteiger partial charge in [0, 0.05) is 24.2 Å². The average molecular weight is 394 g/mol. The van der Waals surface area contributed by atoms with Gasteiger partial charge in [0.15, 0.2) is 6.67 Å². The number of ether oxygens (including phenoxy) is 1. The minimum Gasteiger partial charge on any atom is -0.508 e. The first kappa shape index (κ1) is 20.0. The van der Waals surface area contributed by atoms with Crippen molar-refractivity contribution < 1.29 is 27.8 Å². The van der Waals surface area contributed by atoms with E-state index in [0.717, 1.165) is 12.1 Å². The quantitative estimate of drug-likeness (QED) is 0.809. The Morgan fingerprint density at radius 1 is 1.21 bits per heavy atom. The molecule has 0 aromatic heterocycles. The summed E-state index contributed by atoms with van der Waals surface area (Å²) in [6.45, 7) is 1.88. The van der Waals surface area contributed by atoms with Crippen LogP contribution in [0.1, 0.15) is 21.5 Å². The van der Waals surface area contributed by atoms with Crippen LogP contribution in [0.15, 0.2) is 36.4 Å². The largest absolute Gasteiger partial charge is 0.508 e. The lowest BCUT2D eigenvalue weighted by Crippen LogP contribution is -2.37. The van der Waals surface area contributed by atoms with E-state index in [-0.39, 0.29) is 17.0 Å². The third-order valence-electron chi connectivity index (χ3n) is 4.66. The van der Waals surface area contributed by atoms with Crippen LogP contribution >= 0.6 is 0 Å². The van der Waals surface area contributed by atoms with Crippen LogP contribution in [0.3, 0.4) is 0 Å². The van der Waals surface area contributed by atoms with Gasteiger partial charge in [0.05, 0.1) is 24.6 Å². The van der Waals surface area contributed by atoms with Crippen molar-refractivity contribution in [2.24, 2.45) is 0 Å². The molecule has 8 heteroatoms. The number of amides is 1. The third-order valence-corrected chi connectivity index (χ3v) is 4.66. The fourth-order valence-electron chi connectivity index (χ4n) is 2.97. The second-order valence-electron chi connectivity index (χ2n) is 6.62. The molecule has 1 amide bonds. The van der Waals surface area contributed by atoms with Gasteiger partial charge in [-0.25, -0.2) is 4.39 Å². The summed E-state index contributed by atoms with van der Waals surface area (Å²) in [5.74, 6) is -4.25. The zero-order valence-corrected chi connectivity index (χ0v) is 15.3. The van der Waals surface area contributed by atoms with Crippen molar-refractivity contribution in [1.82, 2.24) is 0 Å². The maximum Gasteiger partial charge on any atom is 0.301 e. The molecule has 1 fully saturated rings. The van der Waals surface area contributed by atoms with Gasteiger partial charge in [-0.05, 0) is 36.8 Å². The second-order valence-corrected chi connectivity index (χ2v) is 6.62. The number of phenolic OH excluding ortho intramolecular Hbond substituents is 1. The summed E-state index contributed by atoms with van der Waals surface area (Å²) in [5.41, 5.74) is 0.965. The summed E-state index contributed by atoms with van der Waals surface area (Å²) in [6.07, 6.45) is 0. The van der Waals surface area contributed by atoms with Gasteiger partial charge in [0.2, 0.25) is 0 Å². The van der Waals surface area contributed by atoms with Crippen LogP contribution in [0.2, 0.25) is 0 Å². The van der Waals surface area contributed by atoms with Gasteiger partial charge in [-0.15, -0.1) is 0 Å². The highest BCUT2D eigenvalue weighted by molar-refractivity contribution is 6.06. The van der Waals surface area contributed by atoms with E-state index in [4.69, 9.17) is 4.74 Å². The van der Waals surface area contributed by atoms with Gasteiger partial charge in [-0.3, -0.25) is 4.79 Å². The molecule has 2 aromatic carbocycles. The Kier molecular flexibility index (Phi) is 5.79. The molecule has 3 rings (SSSR count). The lowest BCUT2D eigenvalue weighted by atomic mass is 10.1. The molecule has 0 aliphatic carbocycles. The lowest BCUT2D eigenvalue weighted by Gasteiger charge is -2.31. The Balaban J connectivity index is 1.96. The Labute approximate surface area is 160 Å². The van der Waals surface area contributed by atoms with Crippen LogP contribution in [0.5, 0.6) is 5.75 Å². The minimum absolute atomic E-state index is 0.0428. The molecule has 2 aromatic rings. The molecule has 5 nitrogen and oxygen atoms in total. The van der Waals surface area contributed by atoms with Gasteiger partial charge in [0.25, 0.3) is 5.91 Å². The van der Waals surface area contributed by atoms with Gasteiger partial charge < -0.3 is 20.1 Å². The highest BCUT2D eigenvalue weighted by Crippen LogP contribution is 2.35. The van der Waals surface area contributed by atoms with Crippen LogP contribution in [-0.2, 0) is 10.7 Å². The Morgan fingerprint density at radius 2 is 1.93 bits per heavy atom. The van der Waals surface area contributed by atoms with Crippen LogP contribution in [-0.4, -0.2) is 44.0 Å². The Hall–Kier alpha value is -2.74. The molecule has 1 aliphatic rings. The van der Waals surface area contributed by atoms with E-state index < -0.39 is 24.1 Å². The summed E-state index contributed by atoms with van der Waals surface area (Å²) in [5, 5.41) is 12.4. The molecule has 28 heavy (non-hydrogen) atoms. The predicted octanol–water partition coefficient (Wildman–Crippen LogP) is 3.85. The fourth-order valence-corrected chi connectivity index (χ4v) is 2.97. The maximum absolute atomic E-state index is 13.8. The Morgan fingerprint density at radius 3 is 2.57 bits per heavy atom. The number of halogens is 3. The SMILES string of the molecule is Cc1ccc(C(=O)Nc2cc(C(F)(F)CF)ccc2N2CCOCC2)cc1O. The molecule has 0 bridgehead atoms. The van der Waals surface area contributed by atoms with Crippen molar-refractivity contribution in [1.29, 1.82) is 0 Å². The first-order valence-electron chi connectivity index (χ1n) is 8.84. The molecule has 0 spiro atoms. The summed E-state index contributed by atoms with van der Waals surface area (Å²) in [6, 6.07) is 8.12. The molecule has 1 aliphatic heterocycles. The summed E-state index contributed by atoms with van der Waals surface area (Å²) >= 11 is 0. The number of phenols is 1. The van der Waals surface area contributed by atoms with E-state index >= 15 is 0 Å². The maximum atomic E-state index is 13.8. The van der Waals surface area contributed by atoms with Gasteiger partial charge in [0.1, 0.15) is 5.75 Å². The van der Waals surface area contributed by atoms with Crippen molar-refractivity contribution in [3.63, 3.8) is 0 Å². The second kappa shape index (κ2) is 8.10. The van der Waals surface area contributed by atoms with Crippen LogP contribution in [0.25, 0.3) is 0 Å². The van der Waals surface area contributed by atoms with E-state index in [1.54, 1.807) is 13.0 Å². The average Bonchev–Trinajstić information content (AvgIpc) is 2.70. The van der Waals surface area contributed by atoms with E-state index in [9.17, 15) is 23.1 Å². The van der Waals surface area contributed by atoms with Gasteiger partial charge in [-0.2, -0.15) is 8.78 Å². The van der Waals surface area contributed by atoms with Gasteiger partial charge >= 0.3 is 5.92 Å². The first-order valence-corrected chi connectivity index (χ1v) is 8.84. The molecular formula is C20H21F3N2O3. The number of rotatable bonds is 5. The molecule has 0 radical (unpaired) electrons. The van der Waals surface area contributed by atoms with Crippen LogP contribution in [0.4, 0.5) is 24.5 Å². The smallest absolute Gasteiger partial charge is 0.301 e. The number of nitrogens with one attached hydrogen (secondary N) is 1. The van der Waals surface area contributed by atoms with E-state index in [1.165, 1.54) is 18.2 Å². The topological polar surface area (TPSA) is 61.8 Å². The Bertz CT molecular complexity index is 868. The number of morpholine rings is 1. The normalized spacial score (nSPS) is 14.8. The van der Waals surface area contributed by atoms with Crippen molar-refractivity contribution in [3.8, 4) is 5.75 Å². The number of nitrogens with zero attached hydrogens (tertiary/aromatic N) is 1. The van der Waals surface area contributed by atoms with Gasteiger partial charge in [-0.1, -0.05) is 12.1 Å². The molecule has 1 heterocycles. The molecule has 2 N–H and O–H groups in total. The molecular weight excluding hydrogens is 373 g/mol. The van der Waals surface area contributed by atoms with Crippen LogP contribution in [0, 0.1) is 6.92 Å². The number of carbonyl (C=O) groups is 1. The number of alkyl halides is 3. The lowest BCUT2D eigenvalue weighted by molar-refractivity contribution is -0.0280. The predicted molar refractivity (Wildman–Crippen MR) is 100 cm³/mol. The highest BCUT2D eigenvalue weighted by Gasteiger charge is 2.33. The summed E-state index contributed by atoms with van der Waals surface area (Å²) in [7, 11) is 0. The number of carbonyl (C=O) groups excluding carboxylic acids is 1. The number of hydrogen-bond donors (Lipinski definition) is 2. The summed E-state index contributed by atoms with van der Waals surface area (Å²) in [4.78, 5) is 14.5. The number of benzene rings is 2. The number of anilines is 2. The molecule has 150 valence electrons. The standard InChI is InChI=1S/C20H21F3N2O3/c1-13-2-3-14(10-18(13)26)19(27)24-16-11-15(20(22,23)12-21)4-5-17(16)25-6-8-28-9-7-25/h2-5,10-11,26H,6-9,12H2,1H3,(H,24,27). The van der Waals surface area contributed by atoms with Crippen molar-refractivity contribution >= 4 is 17.3 Å². The fraction of sp³-hybridized carbons (Fsp3) is 0.350. The monoisotopic (exact) mass is 394 g/mol. The number of aromatic hydroxyl groups is 1. The van der Waals surface area contributed by atoms with E-state index in [0.29, 0.717) is 37.6 Å². The van der Waals surface area contributed by atoms with Crippen molar-refractivity contribution in [2.75, 3.05) is 43.2 Å². The van der Waals surface area contributed by atoms with E-state index in [1.807, 2.05) is 4.90 Å². The first-order chi connectivity index (χ1) is 13.3. The molecule has 0 saturated carbocycles. The number of aryl methyl sites for hydroxylation is 1. The van der Waals surface area contributed by atoms with Crippen molar-refractivity contribution in [3.05, 3.63) is 53.1 Å². The number of hydrogen-bond acceptors (Lipinski definition) is 4. The summed E-state index contributed by atoms with van der Waals surface area (Å²) < 4.78 is 45.8. The molecule has 0 unspecified atom stereocenters. The molecule has 0 atom stereocenters. The highest BCUT2D eigenvalue weighted by atomic mass is 19.3. The zero-order valence-electron chi connectivity index (χ0n) is 15.3. The minimum atomic E-state index is -3.65. The zero-order chi connectivity index (χ0) is 20.3.